The predicted octanol–water partition coefficient (Wildman–Crippen LogP) is 4.72. The molecule has 0 saturated carbocycles. The zero-order valence-corrected chi connectivity index (χ0v) is 19.0. The van der Waals surface area contributed by atoms with E-state index in [4.69, 9.17) is 0 Å². The third-order valence-corrected chi connectivity index (χ3v) is 7.74. The maximum Gasteiger partial charge on any atom is 0.264 e. The zero-order valence-electron chi connectivity index (χ0n) is 18.2. The highest BCUT2D eigenvalue weighted by Gasteiger charge is 2.36. The lowest BCUT2D eigenvalue weighted by atomic mass is 10.1. The summed E-state index contributed by atoms with van der Waals surface area (Å²) in [6, 6.07) is 19.6. The molecule has 0 bridgehead atoms. The normalized spacial score (nSPS) is 15.6. The van der Waals surface area contributed by atoms with Gasteiger partial charge in [0.15, 0.2) is 0 Å². The molecule has 0 aromatic heterocycles. The van der Waals surface area contributed by atoms with E-state index in [0.717, 1.165) is 22.4 Å². The Bertz CT molecular complexity index is 1270. The number of amides is 1. The summed E-state index contributed by atoms with van der Waals surface area (Å²) in [4.78, 5) is 14.9. The van der Waals surface area contributed by atoms with Crippen molar-refractivity contribution < 1.29 is 13.2 Å². The summed E-state index contributed by atoms with van der Waals surface area (Å²) in [6.07, 6.45) is 0.670. The molecular weight excluding hydrogens is 408 g/mol. The molecule has 4 rings (SSSR count). The zero-order chi connectivity index (χ0) is 22.3. The average Bonchev–Trinajstić information content (AvgIpc) is 3.11. The maximum absolute atomic E-state index is 13.5. The first kappa shape index (κ1) is 21.1. The minimum atomic E-state index is -3.80. The van der Waals surface area contributed by atoms with Gasteiger partial charge in [0, 0.05) is 24.3 Å². The molecule has 1 heterocycles. The van der Waals surface area contributed by atoms with Crippen LogP contribution < -0.4 is 9.21 Å². The molecule has 1 amide bonds. The molecule has 3 aromatic rings. The number of fused-ring (bicyclic) bond motifs is 1. The van der Waals surface area contributed by atoms with Crippen LogP contribution in [0.2, 0.25) is 0 Å². The van der Waals surface area contributed by atoms with Gasteiger partial charge in [0.1, 0.15) is 0 Å². The van der Waals surface area contributed by atoms with Crippen LogP contribution in [0.15, 0.2) is 71.6 Å². The molecular formula is C25H26N2O3S. The summed E-state index contributed by atoms with van der Waals surface area (Å²) in [5.41, 5.74) is 4.90. The van der Waals surface area contributed by atoms with Gasteiger partial charge in [-0.1, -0.05) is 36.4 Å². The molecule has 6 heteroatoms. The van der Waals surface area contributed by atoms with E-state index in [-0.39, 0.29) is 16.8 Å². The van der Waals surface area contributed by atoms with Gasteiger partial charge >= 0.3 is 0 Å². The molecule has 0 fully saturated rings. The van der Waals surface area contributed by atoms with Crippen molar-refractivity contribution in [2.24, 2.45) is 0 Å². The highest BCUT2D eigenvalue weighted by atomic mass is 32.2. The summed E-state index contributed by atoms with van der Waals surface area (Å²) in [6.45, 7) is 5.83. The number of carbonyl (C=O) groups is 1. The van der Waals surface area contributed by atoms with Crippen LogP contribution in [0, 0.1) is 13.8 Å². The smallest absolute Gasteiger partial charge is 0.264 e. The maximum atomic E-state index is 13.5. The standard InChI is InChI=1S/C25H26N2O3S/c1-17-12-13-18(2)24(14-17)26(4)25(28)21-9-7-10-22(16-21)31(29,30)27-19(3)15-20-8-5-6-11-23(20)27/h5-14,16,19H,15H2,1-4H3. The lowest BCUT2D eigenvalue weighted by molar-refractivity contribution is 0.0992. The van der Waals surface area contributed by atoms with Crippen molar-refractivity contribution in [2.45, 2.75) is 38.1 Å². The molecule has 0 aliphatic carbocycles. The predicted molar refractivity (Wildman–Crippen MR) is 124 cm³/mol. The Morgan fingerprint density at radius 3 is 2.52 bits per heavy atom. The summed E-state index contributed by atoms with van der Waals surface area (Å²) < 4.78 is 28.5. The van der Waals surface area contributed by atoms with Crippen LogP contribution >= 0.6 is 0 Å². The lowest BCUT2D eigenvalue weighted by Gasteiger charge is -2.25. The number of anilines is 2. The molecule has 0 radical (unpaired) electrons. The third-order valence-electron chi connectivity index (χ3n) is 5.81. The first-order valence-electron chi connectivity index (χ1n) is 10.3. The Morgan fingerprint density at radius 2 is 1.74 bits per heavy atom. The third kappa shape index (κ3) is 3.72. The van der Waals surface area contributed by atoms with E-state index in [1.165, 1.54) is 10.4 Å². The molecule has 1 aliphatic heterocycles. The van der Waals surface area contributed by atoms with Gasteiger partial charge < -0.3 is 4.90 Å². The Kier molecular flexibility index (Phi) is 5.35. The SMILES string of the molecule is Cc1ccc(C)c(N(C)C(=O)c2cccc(S(=O)(=O)N3c4ccccc4CC3C)c2)c1. The van der Waals surface area contributed by atoms with Crippen molar-refractivity contribution in [3.05, 3.63) is 89.0 Å². The van der Waals surface area contributed by atoms with E-state index in [1.54, 1.807) is 30.1 Å². The quantitative estimate of drug-likeness (QED) is 0.597. The molecule has 5 nitrogen and oxygen atoms in total. The Hall–Kier alpha value is -3.12. The van der Waals surface area contributed by atoms with Crippen LogP contribution in [-0.2, 0) is 16.4 Å². The van der Waals surface area contributed by atoms with Gasteiger partial charge in [0.25, 0.3) is 15.9 Å². The van der Waals surface area contributed by atoms with Crippen molar-refractivity contribution in [1.82, 2.24) is 0 Å². The largest absolute Gasteiger partial charge is 0.311 e. The second-order valence-electron chi connectivity index (χ2n) is 8.16. The number of aryl methyl sites for hydroxylation is 2. The van der Waals surface area contributed by atoms with E-state index in [2.05, 4.69) is 0 Å². The van der Waals surface area contributed by atoms with Crippen LogP contribution in [0.4, 0.5) is 11.4 Å². The number of rotatable bonds is 4. The first-order valence-corrected chi connectivity index (χ1v) is 11.7. The number of hydrogen-bond donors (Lipinski definition) is 0. The molecule has 160 valence electrons. The number of sulfonamides is 1. The second-order valence-corrected chi connectivity index (χ2v) is 9.98. The fourth-order valence-corrected chi connectivity index (χ4v) is 5.93. The monoisotopic (exact) mass is 434 g/mol. The number of benzene rings is 3. The van der Waals surface area contributed by atoms with Crippen molar-refractivity contribution in [3.8, 4) is 0 Å². The molecule has 1 atom stereocenters. The number of para-hydroxylation sites is 1. The van der Waals surface area contributed by atoms with Gasteiger partial charge in [-0.25, -0.2) is 8.42 Å². The second kappa shape index (κ2) is 7.85. The van der Waals surface area contributed by atoms with Gasteiger partial charge in [-0.2, -0.15) is 0 Å². The van der Waals surface area contributed by atoms with E-state index in [1.807, 2.05) is 63.2 Å². The number of nitrogens with zero attached hydrogens (tertiary/aromatic N) is 2. The van der Waals surface area contributed by atoms with Crippen LogP contribution in [0.5, 0.6) is 0 Å². The molecule has 0 spiro atoms. The minimum Gasteiger partial charge on any atom is -0.311 e. The summed E-state index contributed by atoms with van der Waals surface area (Å²) in [7, 11) is -2.09. The Morgan fingerprint density at radius 1 is 1.00 bits per heavy atom. The molecule has 3 aromatic carbocycles. The molecule has 1 aliphatic rings. The van der Waals surface area contributed by atoms with Crippen molar-refractivity contribution in [2.75, 3.05) is 16.3 Å². The molecule has 1 unspecified atom stereocenters. The van der Waals surface area contributed by atoms with E-state index < -0.39 is 10.0 Å². The first-order chi connectivity index (χ1) is 14.7. The molecule has 0 saturated heterocycles. The van der Waals surface area contributed by atoms with Gasteiger partial charge in [-0.3, -0.25) is 9.10 Å². The fraction of sp³-hybridized carbons (Fsp3) is 0.240. The topological polar surface area (TPSA) is 57.7 Å². The van der Waals surface area contributed by atoms with Crippen LogP contribution in [0.1, 0.15) is 34.0 Å². The van der Waals surface area contributed by atoms with Crippen LogP contribution in [-0.4, -0.2) is 27.4 Å². The van der Waals surface area contributed by atoms with E-state index in [9.17, 15) is 13.2 Å². The summed E-state index contributed by atoms with van der Waals surface area (Å²) in [5.74, 6) is -0.249. The summed E-state index contributed by atoms with van der Waals surface area (Å²) in [5, 5.41) is 0. The Labute approximate surface area is 184 Å². The molecule has 0 N–H and O–H groups in total. The van der Waals surface area contributed by atoms with E-state index in [0.29, 0.717) is 17.7 Å². The van der Waals surface area contributed by atoms with Crippen molar-refractivity contribution in [1.29, 1.82) is 0 Å². The highest BCUT2D eigenvalue weighted by molar-refractivity contribution is 7.92. The fourth-order valence-electron chi connectivity index (χ4n) is 4.19. The Balaban J connectivity index is 1.70. The number of hydrogen-bond acceptors (Lipinski definition) is 3. The number of carbonyl (C=O) groups excluding carboxylic acids is 1. The average molecular weight is 435 g/mol. The van der Waals surface area contributed by atoms with Crippen LogP contribution in [0.3, 0.4) is 0 Å². The van der Waals surface area contributed by atoms with E-state index >= 15 is 0 Å². The van der Waals surface area contributed by atoms with Crippen molar-refractivity contribution in [3.63, 3.8) is 0 Å². The van der Waals surface area contributed by atoms with Gasteiger partial charge in [-0.05, 0) is 74.2 Å². The van der Waals surface area contributed by atoms with Gasteiger partial charge in [0.05, 0.1) is 10.6 Å². The van der Waals surface area contributed by atoms with Gasteiger partial charge in [0.2, 0.25) is 0 Å². The van der Waals surface area contributed by atoms with Gasteiger partial charge in [-0.15, -0.1) is 0 Å². The van der Waals surface area contributed by atoms with Crippen LogP contribution in [0.25, 0.3) is 0 Å². The minimum absolute atomic E-state index is 0.122. The highest BCUT2D eigenvalue weighted by Crippen LogP contribution is 2.36. The molecule has 31 heavy (non-hydrogen) atoms. The summed E-state index contributed by atoms with van der Waals surface area (Å²) >= 11 is 0. The van der Waals surface area contributed by atoms with Crippen molar-refractivity contribution >= 4 is 27.3 Å². The lowest BCUT2D eigenvalue weighted by Crippen LogP contribution is -2.36.